The number of thiophene rings is 1. The number of hydrogen-bond donors (Lipinski definition) is 1. The standard InChI is InChI=1S/C19H13BrN2OS/c20-14-6-2-3-7-15(14)21-19(23)17-9-10-18(24-17)22-12-11-13-5-1-4-8-16(13)22/h1-12H,(H,21,23). The zero-order valence-electron chi connectivity index (χ0n) is 12.6. The SMILES string of the molecule is O=C(Nc1ccccc1Br)c1ccc(-n2ccc3ccccc32)s1. The maximum absolute atomic E-state index is 12.5. The Labute approximate surface area is 151 Å². The van der Waals surface area contributed by atoms with E-state index >= 15 is 0 Å². The number of nitrogens with zero attached hydrogens (tertiary/aromatic N) is 1. The molecule has 2 aromatic carbocycles. The highest BCUT2D eigenvalue weighted by atomic mass is 79.9. The molecule has 0 unspecified atom stereocenters. The summed E-state index contributed by atoms with van der Waals surface area (Å²) in [5.74, 6) is -0.102. The molecule has 2 heterocycles. The molecule has 0 bridgehead atoms. The van der Waals surface area contributed by atoms with Crippen LogP contribution in [-0.4, -0.2) is 10.5 Å². The summed E-state index contributed by atoms with van der Waals surface area (Å²) in [5.41, 5.74) is 1.90. The van der Waals surface area contributed by atoms with Gasteiger partial charge in [-0.1, -0.05) is 30.3 Å². The molecular formula is C19H13BrN2OS. The number of aromatic nitrogens is 1. The number of hydrogen-bond acceptors (Lipinski definition) is 2. The molecule has 1 amide bonds. The summed E-state index contributed by atoms with van der Waals surface area (Å²) in [4.78, 5) is 13.2. The van der Waals surface area contributed by atoms with Crippen LogP contribution in [0.15, 0.2) is 77.4 Å². The average Bonchev–Trinajstić information content (AvgIpc) is 3.23. The number of anilines is 1. The fourth-order valence-corrected chi connectivity index (χ4v) is 3.88. The van der Waals surface area contributed by atoms with Gasteiger partial charge in [0.05, 0.1) is 16.1 Å². The minimum atomic E-state index is -0.102. The van der Waals surface area contributed by atoms with E-state index in [9.17, 15) is 4.79 Å². The lowest BCUT2D eigenvalue weighted by atomic mass is 10.2. The summed E-state index contributed by atoms with van der Waals surface area (Å²) in [6.07, 6.45) is 2.03. The van der Waals surface area contributed by atoms with Crippen molar-refractivity contribution in [1.82, 2.24) is 4.57 Å². The Hall–Kier alpha value is -2.37. The predicted molar refractivity (Wildman–Crippen MR) is 103 cm³/mol. The summed E-state index contributed by atoms with van der Waals surface area (Å²) in [7, 11) is 0. The van der Waals surface area contributed by atoms with Crippen LogP contribution in [0.1, 0.15) is 9.67 Å². The van der Waals surface area contributed by atoms with Crippen LogP contribution in [0.4, 0.5) is 5.69 Å². The topological polar surface area (TPSA) is 34.0 Å². The molecular weight excluding hydrogens is 384 g/mol. The van der Waals surface area contributed by atoms with E-state index in [1.165, 1.54) is 16.7 Å². The normalized spacial score (nSPS) is 10.9. The third-order valence-electron chi connectivity index (χ3n) is 3.77. The Bertz CT molecular complexity index is 1030. The average molecular weight is 397 g/mol. The smallest absolute Gasteiger partial charge is 0.265 e. The Morgan fingerprint density at radius 3 is 2.62 bits per heavy atom. The quantitative estimate of drug-likeness (QED) is 0.472. The minimum absolute atomic E-state index is 0.102. The number of carbonyl (C=O) groups is 1. The molecule has 4 aromatic rings. The van der Waals surface area contributed by atoms with Gasteiger partial charge in [-0.05, 0) is 57.7 Å². The van der Waals surface area contributed by atoms with E-state index in [1.807, 2.05) is 54.7 Å². The first-order valence-electron chi connectivity index (χ1n) is 7.44. The van der Waals surface area contributed by atoms with Crippen molar-refractivity contribution in [2.24, 2.45) is 0 Å². The molecule has 0 fully saturated rings. The van der Waals surface area contributed by atoms with Gasteiger partial charge in [0.25, 0.3) is 5.91 Å². The van der Waals surface area contributed by atoms with Crippen molar-refractivity contribution in [1.29, 1.82) is 0 Å². The molecule has 0 aliphatic carbocycles. The highest BCUT2D eigenvalue weighted by Gasteiger charge is 2.12. The third-order valence-corrected chi connectivity index (χ3v) is 5.55. The molecule has 4 rings (SSSR count). The first-order chi connectivity index (χ1) is 11.7. The lowest BCUT2D eigenvalue weighted by Crippen LogP contribution is -2.10. The predicted octanol–water partition coefficient (Wildman–Crippen LogP) is 5.71. The van der Waals surface area contributed by atoms with Crippen LogP contribution in [0.3, 0.4) is 0 Å². The van der Waals surface area contributed by atoms with E-state index in [2.05, 4.69) is 44.0 Å². The van der Waals surface area contributed by atoms with Gasteiger partial charge in [0.1, 0.15) is 5.00 Å². The number of benzene rings is 2. The minimum Gasteiger partial charge on any atom is -0.320 e. The molecule has 1 N–H and O–H groups in total. The molecule has 24 heavy (non-hydrogen) atoms. The van der Waals surface area contributed by atoms with Gasteiger partial charge < -0.3 is 9.88 Å². The number of nitrogens with one attached hydrogen (secondary N) is 1. The maximum atomic E-state index is 12.5. The molecule has 0 spiro atoms. The van der Waals surface area contributed by atoms with Gasteiger partial charge in [0.15, 0.2) is 0 Å². The molecule has 3 nitrogen and oxygen atoms in total. The lowest BCUT2D eigenvalue weighted by molar-refractivity contribution is 0.103. The zero-order valence-corrected chi connectivity index (χ0v) is 15.0. The van der Waals surface area contributed by atoms with Gasteiger partial charge in [-0.2, -0.15) is 0 Å². The van der Waals surface area contributed by atoms with E-state index < -0.39 is 0 Å². The second kappa shape index (κ2) is 6.26. The highest BCUT2D eigenvalue weighted by molar-refractivity contribution is 9.10. The number of amides is 1. The molecule has 0 atom stereocenters. The Balaban J connectivity index is 1.63. The molecule has 118 valence electrons. The van der Waals surface area contributed by atoms with Gasteiger partial charge in [0.2, 0.25) is 0 Å². The van der Waals surface area contributed by atoms with Crippen LogP contribution < -0.4 is 5.32 Å². The first-order valence-corrected chi connectivity index (χ1v) is 9.05. The molecule has 0 aliphatic rings. The summed E-state index contributed by atoms with van der Waals surface area (Å²) < 4.78 is 2.97. The van der Waals surface area contributed by atoms with Crippen LogP contribution in [-0.2, 0) is 0 Å². The summed E-state index contributed by atoms with van der Waals surface area (Å²) >= 11 is 4.92. The van der Waals surface area contributed by atoms with Crippen LogP contribution in [0, 0.1) is 0 Å². The molecule has 2 aromatic heterocycles. The van der Waals surface area contributed by atoms with Crippen molar-refractivity contribution >= 4 is 49.8 Å². The third kappa shape index (κ3) is 2.77. The van der Waals surface area contributed by atoms with Crippen molar-refractivity contribution in [3.8, 4) is 5.00 Å². The second-order valence-corrected chi connectivity index (χ2v) is 7.23. The van der Waals surface area contributed by atoms with E-state index in [0.29, 0.717) is 4.88 Å². The van der Waals surface area contributed by atoms with Crippen molar-refractivity contribution in [3.05, 3.63) is 82.3 Å². The van der Waals surface area contributed by atoms with E-state index in [1.54, 1.807) is 0 Å². The zero-order chi connectivity index (χ0) is 16.5. The van der Waals surface area contributed by atoms with Crippen molar-refractivity contribution in [3.63, 3.8) is 0 Å². The van der Waals surface area contributed by atoms with Gasteiger partial charge in [-0.25, -0.2) is 0 Å². The fraction of sp³-hybridized carbons (Fsp3) is 0. The monoisotopic (exact) mass is 396 g/mol. The van der Waals surface area contributed by atoms with Crippen LogP contribution in [0.2, 0.25) is 0 Å². The summed E-state index contributed by atoms with van der Waals surface area (Å²) in [5, 5.41) is 5.14. The summed E-state index contributed by atoms with van der Waals surface area (Å²) in [6.45, 7) is 0. The van der Waals surface area contributed by atoms with Crippen LogP contribution >= 0.6 is 27.3 Å². The molecule has 0 aliphatic heterocycles. The number of fused-ring (bicyclic) bond motifs is 1. The van der Waals surface area contributed by atoms with E-state index in [4.69, 9.17) is 0 Å². The van der Waals surface area contributed by atoms with Crippen molar-refractivity contribution in [2.75, 3.05) is 5.32 Å². The Kier molecular flexibility index (Phi) is 3.96. The number of rotatable bonds is 3. The Morgan fingerprint density at radius 2 is 1.75 bits per heavy atom. The molecule has 5 heteroatoms. The highest BCUT2D eigenvalue weighted by Crippen LogP contribution is 2.28. The Morgan fingerprint density at radius 1 is 0.958 bits per heavy atom. The molecule has 0 radical (unpaired) electrons. The van der Waals surface area contributed by atoms with Gasteiger partial charge in [-0.3, -0.25) is 4.79 Å². The maximum Gasteiger partial charge on any atom is 0.265 e. The molecule has 0 saturated carbocycles. The molecule has 0 saturated heterocycles. The first kappa shape index (κ1) is 15.2. The van der Waals surface area contributed by atoms with Crippen molar-refractivity contribution < 1.29 is 4.79 Å². The van der Waals surface area contributed by atoms with Crippen molar-refractivity contribution in [2.45, 2.75) is 0 Å². The van der Waals surface area contributed by atoms with Crippen LogP contribution in [0.5, 0.6) is 0 Å². The largest absolute Gasteiger partial charge is 0.320 e. The van der Waals surface area contributed by atoms with Crippen LogP contribution in [0.25, 0.3) is 15.9 Å². The number of para-hydroxylation sites is 2. The van der Waals surface area contributed by atoms with Gasteiger partial charge in [0, 0.05) is 10.7 Å². The van der Waals surface area contributed by atoms with E-state index in [0.717, 1.165) is 20.7 Å². The fourth-order valence-electron chi connectivity index (χ4n) is 2.60. The second-order valence-electron chi connectivity index (χ2n) is 5.32. The number of carbonyl (C=O) groups excluding carboxylic acids is 1. The summed E-state index contributed by atoms with van der Waals surface area (Å²) in [6, 6.07) is 21.7. The van der Waals surface area contributed by atoms with Gasteiger partial charge >= 0.3 is 0 Å². The van der Waals surface area contributed by atoms with E-state index in [-0.39, 0.29) is 5.91 Å². The number of halogens is 1. The lowest BCUT2D eigenvalue weighted by Gasteiger charge is -2.05. The van der Waals surface area contributed by atoms with Gasteiger partial charge in [-0.15, -0.1) is 11.3 Å².